The Hall–Kier alpha value is -1.25. The Kier molecular flexibility index (Phi) is 428. The summed E-state index contributed by atoms with van der Waals surface area (Å²) in [6.45, 7) is 27.0. The van der Waals surface area contributed by atoms with Crippen LogP contribution in [0, 0.1) is 51.7 Å². The molecule has 0 saturated heterocycles. The van der Waals surface area contributed by atoms with Crippen LogP contribution in [0.2, 0.25) is 0 Å². The Morgan fingerprint density at radius 1 is 0.571 bits per heavy atom. The minimum atomic E-state index is 0. The molecule has 1 aliphatic rings. The molecule has 6 nitrogen and oxygen atoms in total. The predicted octanol–water partition coefficient (Wildman–Crippen LogP) is 1.50. The zero-order valence-corrected chi connectivity index (χ0v) is 12.5. The molecule has 0 amide bonds. The monoisotopic (exact) mass is 378 g/mol. The van der Waals surface area contributed by atoms with Gasteiger partial charge >= 0.3 is 67.8 Å². The van der Waals surface area contributed by atoms with Gasteiger partial charge in [-0.1, -0.05) is 18.1 Å². The van der Waals surface area contributed by atoms with Crippen molar-refractivity contribution in [1.82, 2.24) is 0 Å². The Morgan fingerprint density at radius 3 is 1.24 bits per heavy atom. The van der Waals surface area contributed by atoms with Gasteiger partial charge in [-0.05, 0) is 6.42 Å². The largest absolute Gasteiger partial charge is 0 e. The van der Waals surface area contributed by atoms with E-state index < -0.39 is 0 Å². The summed E-state index contributed by atoms with van der Waals surface area (Å²) in [4.78, 5) is 0. The van der Waals surface area contributed by atoms with Gasteiger partial charge in [-0.2, -0.15) is 0 Å². The molecule has 0 N–H and O–H groups in total. The Labute approximate surface area is 144 Å². The molecule has 0 heterocycles. The van der Waals surface area contributed by atoms with Gasteiger partial charge in [0.15, 0.2) is 0 Å². The molecule has 8 heteroatoms. The quantitative estimate of drug-likeness (QED) is 0.263. The van der Waals surface area contributed by atoms with Crippen LogP contribution in [0.5, 0.6) is 0 Å². The molecular weight excluding hydrogens is 370 g/mol. The third-order valence-electron chi connectivity index (χ3n) is 0.948. The fraction of sp³-hybridized carbons (Fsp3) is 0.231. The Morgan fingerprint density at radius 2 is 0.905 bits per heavy atom. The van der Waals surface area contributed by atoms with Crippen LogP contribution >= 0.6 is 0 Å². The van der Waals surface area contributed by atoms with Crippen molar-refractivity contribution >= 4 is 0 Å². The molecule has 2 radical (unpaired) electrons. The maximum Gasteiger partial charge on any atom is 0 e. The average molecular weight is 378 g/mol. The summed E-state index contributed by atoms with van der Waals surface area (Å²) in [5, 5.41) is 0. The van der Waals surface area contributed by atoms with E-state index in [0.29, 0.717) is 0 Å². The van der Waals surface area contributed by atoms with Crippen LogP contribution in [0.25, 0.3) is 0 Å². The molecule has 1 rings (SSSR count). The molecule has 0 fully saturated rings. The summed E-state index contributed by atoms with van der Waals surface area (Å²) >= 11 is 0. The summed E-state index contributed by atoms with van der Waals surface area (Å²) < 4.78 is 45.0. The van der Waals surface area contributed by atoms with Crippen molar-refractivity contribution in [3.05, 3.63) is 52.1 Å². The van der Waals surface area contributed by atoms with Crippen molar-refractivity contribution < 1.29 is 61.5 Å². The molecule has 0 bridgehead atoms. The van der Waals surface area contributed by atoms with E-state index in [1.807, 2.05) is 0 Å². The van der Waals surface area contributed by atoms with Gasteiger partial charge in [0, 0.05) is 46.4 Å². The molecule has 21 heavy (non-hydrogen) atoms. The first kappa shape index (κ1) is 50.3. The summed E-state index contributed by atoms with van der Waals surface area (Å²) in [5.74, 6) is 6.05. The van der Waals surface area contributed by atoms with E-state index in [0.717, 1.165) is 19.3 Å². The molecule has 0 atom stereocenters. The van der Waals surface area contributed by atoms with Crippen LogP contribution < -0.4 is 0 Å². The second kappa shape index (κ2) is 179. The SMILES string of the molecule is C1#CCCC=CC1.[C-]#[O+].[C-]#[O+].[C-]#[O+].[C-]#[O+].[C-]#[O+].[C-]#[O+].[Co].[Co]. The zero-order chi connectivity index (χ0) is 16.9. The molecule has 0 aromatic rings. The smallest absolute Gasteiger partial charge is 0 e. The van der Waals surface area contributed by atoms with Crippen LogP contribution in [-0.4, -0.2) is 0 Å². The van der Waals surface area contributed by atoms with Gasteiger partial charge in [-0.25, -0.2) is 0 Å². The van der Waals surface area contributed by atoms with Gasteiger partial charge in [0.05, 0.1) is 0 Å². The molecule has 1 aliphatic carbocycles. The summed E-state index contributed by atoms with van der Waals surface area (Å²) in [6, 6.07) is 0. The first-order valence-electron chi connectivity index (χ1n) is 3.83. The van der Waals surface area contributed by atoms with Crippen molar-refractivity contribution in [2.45, 2.75) is 19.3 Å². The average Bonchev–Trinajstić information content (AvgIpc) is 2.91. The van der Waals surface area contributed by atoms with Crippen LogP contribution in [0.15, 0.2) is 12.2 Å². The molecule has 0 spiro atoms. The zero-order valence-electron chi connectivity index (χ0n) is 10.4. The standard InChI is InChI=1S/C7H8.6CO.2Co/c1-2-4-6-7-5-3-1;6*1-2;;/h1-2H,3-5H2;;;;;;;;. The predicted molar refractivity (Wildman–Crippen MR) is 54.3 cm³/mol. The molecule has 114 valence electrons. The van der Waals surface area contributed by atoms with Crippen LogP contribution in [-0.2, 0) is 61.5 Å². The number of hydrogen-bond donors (Lipinski definition) is 0. The van der Waals surface area contributed by atoms with Gasteiger partial charge in [0.25, 0.3) is 0 Å². The van der Waals surface area contributed by atoms with Crippen molar-refractivity contribution in [1.29, 1.82) is 0 Å². The summed E-state index contributed by atoms with van der Waals surface area (Å²) in [5.41, 5.74) is 0. The van der Waals surface area contributed by atoms with Crippen molar-refractivity contribution in [3.63, 3.8) is 0 Å². The van der Waals surface area contributed by atoms with E-state index in [-0.39, 0.29) is 33.6 Å². The topological polar surface area (TPSA) is 119 Å². The number of hydrogen-bond acceptors (Lipinski definition) is 0. The fourth-order valence-corrected chi connectivity index (χ4v) is 0.576. The van der Waals surface area contributed by atoms with Crippen LogP contribution in [0.3, 0.4) is 0 Å². The van der Waals surface area contributed by atoms with Gasteiger partial charge in [0.1, 0.15) is 0 Å². The molecular formula is C13H8Co2O6. The normalized spacial score (nSPS) is 6.29. The van der Waals surface area contributed by atoms with E-state index in [2.05, 4.69) is 63.9 Å². The van der Waals surface area contributed by atoms with E-state index in [4.69, 9.17) is 27.9 Å². The summed E-state index contributed by atoms with van der Waals surface area (Å²) in [7, 11) is 0. The maximum atomic E-state index is 7.50. The van der Waals surface area contributed by atoms with Crippen molar-refractivity contribution in [2.24, 2.45) is 0 Å². The first-order valence-corrected chi connectivity index (χ1v) is 3.83. The molecule has 0 saturated carbocycles. The van der Waals surface area contributed by atoms with Crippen molar-refractivity contribution in [2.75, 3.05) is 0 Å². The van der Waals surface area contributed by atoms with Crippen LogP contribution in [0.4, 0.5) is 0 Å². The van der Waals surface area contributed by atoms with Gasteiger partial charge in [-0.3, -0.25) is 0 Å². The second-order valence-corrected chi connectivity index (χ2v) is 1.57. The van der Waals surface area contributed by atoms with Gasteiger partial charge < -0.3 is 0 Å². The summed E-state index contributed by atoms with van der Waals surface area (Å²) in [6.07, 6.45) is 7.45. The molecule has 0 unspecified atom stereocenters. The van der Waals surface area contributed by atoms with E-state index in [1.54, 1.807) is 0 Å². The Bertz CT molecular complexity index is 292. The Balaban J connectivity index is -0.0000000177. The van der Waals surface area contributed by atoms with E-state index in [9.17, 15) is 0 Å². The minimum absolute atomic E-state index is 0. The van der Waals surface area contributed by atoms with Gasteiger partial charge in [-0.15, -0.1) is 5.92 Å². The fourth-order valence-electron chi connectivity index (χ4n) is 0.576. The van der Waals surface area contributed by atoms with E-state index in [1.165, 1.54) is 0 Å². The van der Waals surface area contributed by atoms with Crippen LogP contribution in [0.1, 0.15) is 19.3 Å². The number of allylic oxidation sites excluding steroid dienone is 2. The van der Waals surface area contributed by atoms with Gasteiger partial charge in [0.2, 0.25) is 0 Å². The minimum Gasteiger partial charge on any atom is 0 e. The third kappa shape index (κ3) is 159. The van der Waals surface area contributed by atoms with E-state index >= 15 is 0 Å². The number of rotatable bonds is 0. The maximum absolute atomic E-state index is 7.50. The van der Waals surface area contributed by atoms with Crippen molar-refractivity contribution in [3.8, 4) is 11.8 Å². The second-order valence-electron chi connectivity index (χ2n) is 1.57. The third-order valence-corrected chi connectivity index (χ3v) is 0.948. The first-order chi connectivity index (χ1) is 9.50. The molecule has 0 aromatic carbocycles. The molecule has 0 aromatic heterocycles. The molecule has 0 aliphatic heterocycles.